The average Bonchev–Trinajstić information content (AvgIpc) is 2.68. The van der Waals surface area contributed by atoms with E-state index in [2.05, 4.69) is 14.9 Å². The molecule has 2 aromatic carbocycles. The summed E-state index contributed by atoms with van der Waals surface area (Å²) in [6.45, 7) is 1.78. The molecule has 0 radical (unpaired) electrons. The minimum absolute atomic E-state index is 0.0171. The van der Waals surface area contributed by atoms with Crippen molar-refractivity contribution >= 4 is 22.3 Å². The molecular weight excluding hydrogens is 332 g/mol. The molecule has 0 amide bonds. The highest BCUT2D eigenvalue weighted by Gasteiger charge is 2.20. The Balaban J connectivity index is 1.92. The lowest BCUT2D eigenvalue weighted by Crippen LogP contribution is -2.30. The molecule has 4 rings (SSSR count). The fourth-order valence-corrected chi connectivity index (χ4v) is 3.45. The van der Waals surface area contributed by atoms with Crippen LogP contribution in [0.2, 0.25) is 0 Å². The van der Waals surface area contributed by atoms with Gasteiger partial charge in [0, 0.05) is 36.5 Å². The van der Waals surface area contributed by atoms with E-state index >= 15 is 0 Å². The molecule has 0 aliphatic carbocycles. The van der Waals surface area contributed by atoms with E-state index in [9.17, 15) is 14.9 Å². The maximum Gasteiger partial charge on any atom is 0.270 e. The number of anilines is 1. The van der Waals surface area contributed by atoms with Crippen molar-refractivity contribution in [2.75, 3.05) is 18.0 Å². The third-order valence-electron chi connectivity index (χ3n) is 4.76. The van der Waals surface area contributed by atoms with Gasteiger partial charge in [-0.25, -0.2) is 4.98 Å². The minimum atomic E-state index is -0.428. The van der Waals surface area contributed by atoms with Crippen LogP contribution in [0.3, 0.4) is 0 Å². The van der Waals surface area contributed by atoms with Crippen molar-refractivity contribution in [3.8, 4) is 11.4 Å². The zero-order valence-corrected chi connectivity index (χ0v) is 14.1. The van der Waals surface area contributed by atoms with Crippen LogP contribution in [-0.2, 0) is 0 Å². The second-order valence-electron chi connectivity index (χ2n) is 6.44. The second kappa shape index (κ2) is 6.59. The Labute approximate surface area is 149 Å². The first-order chi connectivity index (χ1) is 12.6. The van der Waals surface area contributed by atoms with E-state index in [0.717, 1.165) is 31.6 Å². The molecule has 1 aromatic heterocycles. The summed E-state index contributed by atoms with van der Waals surface area (Å²) in [4.78, 5) is 32.8. The van der Waals surface area contributed by atoms with Gasteiger partial charge in [-0.1, -0.05) is 12.1 Å². The number of nitro groups is 1. The standard InChI is InChI=1S/C19H18N4O3/c24-19-14-6-2-3-7-16(14)20-18(21-19)15-12-13(23(25)26)8-9-17(15)22-10-4-1-5-11-22/h2-3,6-9,12H,1,4-5,10-11H2,(H,20,21,24). The maximum atomic E-state index is 12.4. The Bertz CT molecular complexity index is 1040. The molecule has 132 valence electrons. The smallest absolute Gasteiger partial charge is 0.270 e. The molecule has 1 fully saturated rings. The predicted molar refractivity (Wildman–Crippen MR) is 101 cm³/mol. The molecule has 2 heterocycles. The molecule has 1 N–H and O–H groups in total. The Morgan fingerprint density at radius 1 is 1.08 bits per heavy atom. The highest BCUT2D eigenvalue weighted by atomic mass is 16.6. The van der Waals surface area contributed by atoms with Crippen LogP contribution in [0.4, 0.5) is 11.4 Å². The number of hydrogen-bond acceptors (Lipinski definition) is 5. The quantitative estimate of drug-likeness (QED) is 0.576. The average molecular weight is 350 g/mol. The molecule has 3 aromatic rings. The fourth-order valence-electron chi connectivity index (χ4n) is 3.45. The van der Waals surface area contributed by atoms with Crippen molar-refractivity contribution in [3.63, 3.8) is 0 Å². The van der Waals surface area contributed by atoms with E-state index in [1.807, 2.05) is 6.07 Å². The molecule has 0 bridgehead atoms. The van der Waals surface area contributed by atoms with Gasteiger partial charge < -0.3 is 9.88 Å². The van der Waals surface area contributed by atoms with E-state index in [4.69, 9.17) is 0 Å². The van der Waals surface area contributed by atoms with Gasteiger partial charge in [-0.15, -0.1) is 0 Å². The number of piperidine rings is 1. The molecule has 0 spiro atoms. The number of hydrogen-bond donors (Lipinski definition) is 1. The van der Waals surface area contributed by atoms with Crippen LogP contribution < -0.4 is 10.5 Å². The minimum Gasteiger partial charge on any atom is -0.371 e. The van der Waals surface area contributed by atoms with Crippen molar-refractivity contribution in [1.29, 1.82) is 0 Å². The van der Waals surface area contributed by atoms with Crippen molar-refractivity contribution < 1.29 is 4.92 Å². The first-order valence-electron chi connectivity index (χ1n) is 8.66. The van der Waals surface area contributed by atoms with Crippen LogP contribution in [0.1, 0.15) is 19.3 Å². The van der Waals surface area contributed by atoms with Crippen LogP contribution in [0, 0.1) is 10.1 Å². The molecule has 0 unspecified atom stereocenters. The van der Waals surface area contributed by atoms with Gasteiger partial charge in [-0.05, 0) is 37.5 Å². The summed E-state index contributed by atoms with van der Waals surface area (Å²) in [5.74, 6) is 0.359. The van der Waals surface area contributed by atoms with Gasteiger partial charge >= 0.3 is 0 Å². The number of benzene rings is 2. The number of non-ortho nitro benzene ring substituents is 1. The summed E-state index contributed by atoms with van der Waals surface area (Å²) in [7, 11) is 0. The predicted octanol–water partition coefficient (Wildman–Crippen LogP) is 3.49. The monoisotopic (exact) mass is 350 g/mol. The lowest BCUT2D eigenvalue weighted by Gasteiger charge is -2.30. The highest BCUT2D eigenvalue weighted by molar-refractivity contribution is 5.83. The van der Waals surface area contributed by atoms with E-state index < -0.39 is 4.92 Å². The second-order valence-corrected chi connectivity index (χ2v) is 6.44. The van der Waals surface area contributed by atoms with Gasteiger partial charge in [-0.2, -0.15) is 0 Å². The molecule has 1 aliphatic rings. The molecule has 7 heteroatoms. The SMILES string of the molecule is O=c1[nH]c(-c2cc([N+](=O)[O-])ccc2N2CCCCC2)nc2ccccc12. The number of rotatable bonds is 3. The molecule has 1 saturated heterocycles. The number of nitro benzene ring substituents is 1. The largest absolute Gasteiger partial charge is 0.371 e. The molecule has 0 atom stereocenters. The van der Waals surface area contributed by atoms with E-state index in [1.165, 1.54) is 18.6 Å². The molecular formula is C19H18N4O3. The van der Waals surface area contributed by atoms with Crippen molar-refractivity contribution in [3.05, 3.63) is 62.9 Å². The van der Waals surface area contributed by atoms with Crippen molar-refractivity contribution in [2.24, 2.45) is 0 Å². The molecule has 26 heavy (non-hydrogen) atoms. The lowest BCUT2D eigenvalue weighted by atomic mass is 10.1. The van der Waals surface area contributed by atoms with Crippen LogP contribution in [0.15, 0.2) is 47.3 Å². The number of H-pyrrole nitrogens is 1. The van der Waals surface area contributed by atoms with Crippen LogP contribution >= 0.6 is 0 Å². The summed E-state index contributed by atoms with van der Waals surface area (Å²) >= 11 is 0. The first-order valence-corrected chi connectivity index (χ1v) is 8.66. The van der Waals surface area contributed by atoms with Gasteiger partial charge in [0.15, 0.2) is 0 Å². The number of nitrogens with zero attached hydrogens (tertiary/aromatic N) is 3. The van der Waals surface area contributed by atoms with Crippen LogP contribution in [0.5, 0.6) is 0 Å². The summed E-state index contributed by atoms with van der Waals surface area (Å²) < 4.78 is 0. The van der Waals surface area contributed by atoms with Gasteiger partial charge in [0.25, 0.3) is 11.2 Å². The Hall–Kier alpha value is -3.22. The third-order valence-corrected chi connectivity index (χ3v) is 4.76. The summed E-state index contributed by atoms with van der Waals surface area (Å²) in [5, 5.41) is 11.8. The molecule has 7 nitrogen and oxygen atoms in total. The fraction of sp³-hybridized carbons (Fsp3) is 0.263. The topological polar surface area (TPSA) is 92.1 Å². The third kappa shape index (κ3) is 2.92. The summed E-state index contributed by atoms with van der Waals surface area (Å²) in [5.41, 5.74) is 1.76. The number of nitrogens with one attached hydrogen (secondary N) is 1. The van der Waals surface area contributed by atoms with Gasteiger partial charge in [0.2, 0.25) is 0 Å². The Kier molecular flexibility index (Phi) is 4.12. The number of para-hydroxylation sites is 1. The van der Waals surface area contributed by atoms with Crippen molar-refractivity contribution in [2.45, 2.75) is 19.3 Å². The normalized spacial score (nSPS) is 14.5. The van der Waals surface area contributed by atoms with E-state index in [1.54, 1.807) is 24.3 Å². The molecule has 0 saturated carbocycles. The first kappa shape index (κ1) is 16.3. The number of aromatic amines is 1. The van der Waals surface area contributed by atoms with E-state index in [0.29, 0.717) is 22.3 Å². The molecule has 1 aliphatic heterocycles. The van der Waals surface area contributed by atoms with Gasteiger partial charge in [0.05, 0.1) is 15.8 Å². The summed E-state index contributed by atoms with van der Waals surface area (Å²) in [6, 6.07) is 11.8. The van der Waals surface area contributed by atoms with Gasteiger partial charge in [-0.3, -0.25) is 14.9 Å². The zero-order chi connectivity index (χ0) is 18.1. The van der Waals surface area contributed by atoms with Crippen LogP contribution in [-0.4, -0.2) is 28.0 Å². The van der Waals surface area contributed by atoms with Gasteiger partial charge in [0.1, 0.15) is 5.82 Å². The Morgan fingerprint density at radius 3 is 2.62 bits per heavy atom. The number of fused-ring (bicyclic) bond motifs is 1. The summed E-state index contributed by atoms with van der Waals surface area (Å²) in [6.07, 6.45) is 3.35. The Morgan fingerprint density at radius 2 is 1.85 bits per heavy atom. The van der Waals surface area contributed by atoms with Crippen molar-refractivity contribution in [1.82, 2.24) is 9.97 Å². The van der Waals surface area contributed by atoms with E-state index in [-0.39, 0.29) is 11.2 Å². The lowest BCUT2D eigenvalue weighted by molar-refractivity contribution is -0.384. The van der Waals surface area contributed by atoms with Crippen LogP contribution in [0.25, 0.3) is 22.3 Å². The zero-order valence-electron chi connectivity index (χ0n) is 14.1. The highest BCUT2D eigenvalue weighted by Crippen LogP contribution is 2.33. The number of aromatic nitrogens is 2. The maximum absolute atomic E-state index is 12.4.